The van der Waals surface area contributed by atoms with E-state index in [4.69, 9.17) is 10.8 Å². The van der Waals surface area contributed by atoms with Crippen LogP contribution in [0.15, 0.2) is 36.8 Å². The lowest BCUT2D eigenvalue weighted by Gasteiger charge is -2.24. The van der Waals surface area contributed by atoms with Crippen molar-refractivity contribution in [2.45, 2.75) is 43.9 Å². The number of nitrogens with zero attached hydrogens (tertiary/aromatic N) is 1. The molecule has 0 saturated heterocycles. The van der Waals surface area contributed by atoms with Gasteiger partial charge < -0.3 is 36.9 Å². The van der Waals surface area contributed by atoms with Gasteiger partial charge in [-0.25, -0.2) is 4.98 Å². The van der Waals surface area contributed by atoms with Gasteiger partial charge in [-0.05, 0) is 24.6 Å². The van der Waals surface area contributed by atoms with Crippen molar-refractivity contribution >= 4 is 36.3 Å². The summed E-state index contributed by atoms with van der Waals surface area (Å²) < 4.78 is 0. The third kappa shape index (κ3) is 8.08. The SMILES string of the molecule is CC(NC(=O)C(Cc1cnc[nH]1)NC(=O)C(Cc1ccc(O)cc1)NC(=O)C(N)CS)C(=O)O. The molecule has 1 heterocycles. The molecule has 3 amide bonds. The number of carbonyl (C=O) groups excluding carboxylic acids is 3. The Morgan fingerprint density at radius 3 is 2.18 bits per heavy atom. The standard InChI is InChI=1S/C21H28N6O6S/c1-11(21(32)33)25-19(30)17(7-13-8-23-10-24-13)27-20(31)16(26-18(29)15(22)9-34)6-12-2-4-14(28)5-3-12/h2-5,8,10-11,15-17,28,34H,6-7,9,22H2,1H3,(H,23,24)(H,25,30)(H,26,29)(H,27,31)(H,32,33). The molecule has 13 heteroatoms. The zero-order valence-corrected chi connectivity index (χ0v) is 19.3. The van der Waals surface area contributed by atoms with Crippen molar-refractivity contribution in [2.75, 3.05) is 5.75 Å². The van der Waals surface area contributed by atoms with Crippen LogP contribution < -0.4 is 21.7 Å². The zero-order chi connectivity index (χ0) is 25.3. The van der Waals surface area contributed by atoms with E-state index < -0.39 is 47.9 Å². The summed E-state index contributed by atoms with van der Waals surface area (Å²) in [7, 11) is 0. The highest BCUT2D eigenvalue weighted by molar-refractivity contribution is 7.80. The number of hydrogen-bond acceptors (Lipinski definition) is 8. The number of H-pyrrole nitrogens is 1. The van der Waals surface area contributed by atoms with Crippen LogP contribution in [0.3, 0.4) is 0 Å². The largest absolute Gasteiger partial charge is 0.508 e. The first-order valence-corrected chi connectivity index (χ1v) is 11.0. The van der Waals surface area contributed by atoms with E-state index in [-0.39, 0.29) is 24.3 Å². The highest BCUT2D eigenvalue weighted by Crippen LogP contribution is 2.12. The molecule has 0 bridgehead atoms. The molecule has 0 fully saturated rings. The van der Waals surface area contributed by atoms with Gasteiger partial charge in [0.15, 0.2) is 0 Å². The summed E-state index contributed by atoms with van der Waals surface area (Å²) in [5.74, 6) is -3.16. The molecule has 4 unspecified atom stereocenters. The number of rotatable bonds is 12. The number of hydrogen-bond donors (Lipinski definition) is 8. The van der Waals surface area contributed by atoms with Crippen molar-refractivity contribution < 1.29 is 29.4 Å². The van der Waals surface area contributed by atoms with Crippen LogP contribution in [0.5, 0.6) is 5.75 Å². The molecule has 4 atom stereocenters. The van der Waals surface area contributed by atoms with Gasteiger partial charge in [0.2, 0.25) is 17.7 Å². The number of aromatic nitrogens is 2. The Bertz CT molecular complexity index is 984. The molecule has 0 aliphatic heterocycles. The Labute approximate surface area is 201 Å². The average molecular weight is 493 g/mol. The number of carboxylic acids is 1. The van der Waals surface area contributed by atoms with Crippen molar-refractivity contribution in [1.29, 1.82) is 0 Å². The van der Waals surface area contributed by atoms with Gasteiger partial charge in [0.1, 0.15) is 23.9 Å². The molecule has 1 aromatic heterocycles. The van der Waals surface area contributed by atoms with Gasteiger partial charge >= 0.3 is 5.97 Å². The van der Waals surface area contributed by atoms with Crippen LogP contribution in [-0.4, -0.2) is 73.8 Å². The summed E-state index contributed by atoms with van der Waals surface area (Å²) in [6.07, 6.45) is 2.91. The van der Waals surface area contributed by atoms with Gasteiger partial charge in [-0.3, -0.25) is 19.2 Å². The predicted molar refractivity (Wildman–Crippen MR) is 125 cm³/mol. The maximum atomic E-state index is 13.2. The lowest BCUT2D eigenvalue weighted by molar-refractivity contribution is -0.141. The van der Waals surface area contributed by atoms with Gasteiger partial charge in [0.05, 0.1) is 12.4 Å². The molecule has 2 aromatic rings. The van der Waals surface area contributed by atoms with Crippen LogP contribution in [0.4, 0.5) is 0 Å². The quantitative estimate of drug-likeness (QED) is 0.167. The molecule has 184 valence electrons. The highest BCUT2D eigenvalue weighted by Gasteiger charge is 2.30. The normalized spacial score (nSPS) is 14.3. The summed E-state index contributed by atoms with van der Waals surface area (Å²) in [5, 5.41) is 26.1. The fraction of sp³-hybridized carbons (Fsp3) is 0.381. The summed E-state index contributed by atoms with van der Waals surface area (Å²) >= 11 is 4.00. The number of benzene rings is 1. The fourth-order valence-electron chi connectivity index (χ4n) is 2.91. The second-order valence-electron chi connectivity index (χ2n) is 7.63. The number of carboxylic acid groups (broad SMARTS) is 1. The molecular formula is C21H28N6O6S. The van der Waals surface area contributed by atoms with E-state index in [2.05, 4.69) is 38.5 Å². The van der Waals surface area contributed by atoms with Crippen LogP contribution in [0.2, 0.25) is 0 Å². The number of phenolic OH excluding ortho intramolecular Hbond substituents is 1. The first-order valence-electron chi connectivity index (χ1n) is 10.4. The van der Waals surface area contributed by atoms with E-state index in [1.165, 1.54) is 31.6 Å². The number of imidazole rings is 1. The summed E-state index contributed by atoms with van der Waals surface area (Å²) in [6, 6.07) is 1.63. The molecule has 12 nitrogen and oxygen atoms in total. The second kappa shape index (κ2) is 12.6. The van der Waals surface area contributed by atoms with E-state index in [0.717, 1.165) is 0 Å². The Kier molecular flexibility index (Phi) is 9.89. The molecule has 0 saturated carbocycles. The minimum atomic E-state index is -1.24. The number of phenols is 1. The van der Waals surface area contributed by atoms with E-state index in [9.17, 15) is 24.3 Å². The minimum absolute atomic E-state index is 0.0000575. The van der Waals surface area contributed by atoms with E-state index in [0.29, 0.717) is 11.3 Å². The predicted octanol–water partition coefficient (Wildman–Crippen LogP) is -1.28. The molecular weight excluding hydrogens is 464 g/mol. The molecule has 0 aliphatic carbocycles. The first-order chi connectivity index (χ1) is 16.1. The number of aliphatic carboxylic acids is 1. The monoisotopic (exact) mass is 492 g/mol. The van der Waals surface area contributed by atoms with Crippen LogP contribution in [-0.2, 0) is 32.0 Å². The number of thiol groups is 1. The van der Waals surface area contributed by atoms with Crippen LogP contribution in [0.25, 0.3) is 0 Å². The topological polar surface area (TPSA) is 200 Å². The van der Waals surface area contributed by atoms with Crippen molar-refractivity contribution in [3.8, 4) is 5.75 Å². The lowest BCUT2D eigenvalue weighted by Crippen LogP contribution is -2.58. The van der Waals surface area contributed by atoms with E-state index >= 15 is 0 Å². The first kappa shape index (κ1) is 26.7. The van der Waals surface area contributed by atoms with Gasteiger partial charge in [0.25, 0.3) is 0 Å². The Morgan fingerprint density at radius 2 is 1.62 bits per heavy atom. The van der Waals surface area contributed by atoms with E-state index in [1.807, 2.05) is 0 Å². The number of aromatic amines is 1. The Balaban J connectivity index is 2.24. The van der Waals surface area contributed by atoms with Crippen LogP contribution in [0.1, 0.15) is 18.2 Å². The number of nitrogens with two attached hydrogens (primary N) is 1. The molecule has 0 spiro atoms. The van der Waals surface area contributed by atoms with Gasteiger partial charge in [-0.2, -0.15) is 12.6 Å². The highest BCUT2D eigenvalue weighted by atomic mass is 32.1. The van der Waals surface area contributed by atoms with Crippen molar-refractivity contribution in [3.63, 3.8) is 0 Å². The molecule has 0 radical (unpaired) electrons. The van der Waals surface area contributed by atoms with Crippen molar-refractivity contribution in [1.82, 2.24) is 25.9 Å². The molecule has 8 N–H and O–H groups in total. The number of nitrogens with one attached hydrogen (secondary N) is 4. The molecule has 0 aliphatic rings. The molecule has 2 rings (SSSR count). The minimum Gasteiger partial charge on any atom is -0.508 e. The van der Waals surface area contributed by atoms with Crippen LogP contribution in [0, 0.1) is 0 Å². The van der Waals surface area contributed by atoms with Crippen molar-refractivity contribution in [3.05, 3.63) is 48.0 Å². The summed E-state index contributed by atoms with van der Waals surface area (Å²) in [4.78, 5) is 56.1. The maximum absolute atomic E-state index is 13.2. The molecule has 1 aromatic carbocycles. The third-order valence-electron chi connectivity index (χ3n) is 4.88. The number of amides is 3. The van der Waals surface area contributed by atoms with Gasteiger partial charge in [0, 0.05) is 30.5 Å². The Hall–Kier alpha value is -3.58. The van der Waals surface area contributed by atoms with Gasteiger partial charge in [-0.15, -0.1) is 0 Å². The second-order valence-corrected chi connectivity index (χ2v) is 8.00. The van der Waals surface area contributed by atoms with E-state index in [1.54, 1.807) is 12.1 Å². The van der Waals surface area contributed by atoms with Crippen LogP contribution >= 0.6 is 12.6 Å². The number of carbonyl (C=O) groups is 4. The molecule has 34 heavy (non-hydrogen) atoms. The fourth-order valence-corrected chi connectivity index (χ4v) is 3.08. The average Bonchev–Trinajstić information content (AvgIpc) is 3.31. The third-order valence-corrected chi connectivity index (χ3v) is 5.28. The maximum Gasteiger partial charge on any atom is 0.325 e. The van der Waals surface area contributed by atoms with Crippen molar-refractivity contribution in [2.24, 2.45) is 5.73 Å². The summed E-state index contributed by atoms with van der Waals surface area (Å²) in [5.41, 5.74) is 6.88. The smallest absolute Gasteiger partial charge is 0.325 e. The lowest BCUT2D eigenvalue weighted by atomic mass is 10.0. The zero-order valence-electron chi connectivity index (χ0n) is 18.4. The number of aromatic hydroxyl groups is 1. The Morgan fingerprint density at radius 1 is 1.03 bits per heavy atom. The summed E-state index contributed by atoms with van der Waals surface area (Å²) in [6.45, 7) is 1.29. The van der Waals surface area contributed by atoms with Gasteiger partial charge in [-0.1, -0.05) is 12.1 Å².